The van der Waals surface area contributed by atoms with E-state index in [4.69, 9.17) is 10.5 Å². The van der Waals surface area contributed by atoms with Crippen LogP contribution in [0.2, 0.25) is 0 Å². The van der Waals surface area contributed by atoms with Crippen molar-refractivity contribution in [3.8, 4) is 0 Å². The van der Waals surface area contributed by atoms with Crippen LogP contribution in [0.25, 0.3) is 0 Å². The van der Waals surface area contributed by atoms with Crippen LogP contribution in [0.3, 0.4) is 0 Å². The van der Waals surface area contributed by atoms with Crippen LogP contribution in [-0.2, 0) is 4.74 Å². The van der Waals surface area contributed by atoms with Gasteiger partial charge in [0.25, 0.3) is 0 Å². The Bertz CT molecular complexity index is 455. The van der Waals surface area contributed by atoms with Gasteiger partial charge in [0.2, 0.25) is 0 Å². The average Bonchev–Trinajstić information content (AvgIpc) is 2.38. The normalized spacial score (nSPS) is 11.2. The van der Waals surface area contributed by atoms with Crippen molar-refractivity contribution in [1.82, 2.24) is 0 Å². The van der Waals surface area contributed by atoms with Gasteiger partial charge in [-0.2, -0.15) is 0 Å². The van der Waals surface area contributed by atoms with Gasteiger partial charge in [0.05, 0.1) is 12.2 Å². The molecule has 4 heteroatoms. The maximum atomic E-state index is 11.8. The minimum atomic E-state index is -0.371. The highest BCUT2D eigenvalue weighted by Crippen LogP contribution is 2.27. The molecule has 1 aromatic rings. The van der Waals surface area contributed by atoms with E-state index in [0.29, 0.717) is 17.9 Å². The summed E-state index contributed by atoms with van der Waals surface area (Å²) in [6.07, 6.45) is 1.00. The third-order valence-electron chi connectivity index (χ3n) is 3.69. The molecule has 0 aromatic heterocycles. The molecule has 0 aliphatic carbocycles. The van der Waals surface area contributed by atoms with Crippen LogP contribution in [0.15, 0.2) is 18.2 Å². The lowest BCUT2D eigenvalue weighted by atomic mass is 9.98. The van der Waals surface area contributed by atoms with Crippen molar-refractivity contribution < 1.29 is 9.53 Å². The Morgan fingerprint density at radius 1 is 1.37 bits per heavy atom. The third kappa shape index (κ3) is 3.40. The van der Waals surface area contributed by atoms with Gasteiger partial charge in [0.1, 0.15) is 0 Å². The zero-order valence-electron chi connectivity index (χ0n) is 12.5. The highest BCUT2D eigenvalue weighted by atomic mass is 16.5. The van der Waals surface area contributed by atoms with Gasteiger partial charge in [-0.05, 0) is 45.4 Å². The average molecular weight is 264 g/mol. The van der Waals surface area contributed by atoms with E-state index in [1.807, 2.05) is 13.1 Å². The number of nitrogen functional groups attached to an aromatic ring is 1. The maximum absolute atomic E-state index is 11.8. The molecule has 0 heterocycles. The van der Waals surface area contributed by atoms with Crippen LogP contribution < -0.4 is 10.6 Å². The molecular weight excluding hydrogens is 240 g/mol. The first-order chi connectivity index (χ1) is 8.83. The summed E-state index contributed by atoms with van der Waals surface area (Å²) in [7, 11) is 2.02. The van der Waals surface area contributed by atoms with Crippen LogP contribution in [-0.4, -0.2) is 25.2 Å². The van der Waals surface area contributed by atoms with Gasteiger partial charge in [-0.3, -0.25) is 0 Å². The summed E-state index contributed by atoms with van der Waals surface area (Å²) in [4.78, 5) is 14.0. The number of ether oxygens (including phenoxy) is 1. The van der Waals surface area contributed by atoms with Gasteiger partial charge >= 0.3 is 5.97 Å². The van der Waals surface area contributed by atoms with E-state index in [2.05, 4.69) is 25.7 Å². The maximum Gasteiger partial charge on any atom is 0.340 e. The highest BCUT2D eigenvalue weighted by Gasteiger charge is 2.23. The van der Waals surface area contributed by atoms with E-state index in [1.165, 1.54) is 0 Å². The lowest BCUT2D eigenvalue weighted by molar-refractivity contribution is 0.0527. The standard InChI is InChI=1S/C15H24N2O2/c1-6-15(3,4)17(5)11-8-9-13(16)12(10-11)14(18)19-7-2/h8-10H,6-7,16H2,1-5H3. The Kier molecular flexibility index (Phi) is 4.81. The number of hydrogen-bond acceptors (Lipinski definition) is 4. The minimum Gasteiger partial charge on any atom is -0.462 e. The van der Waals surface area contributed by atoms with Crippen molar-refractivity contribution in [1.29, 1.82) is 0 Å². The summed E-state index contributed by atoms with van der Waals surface area (Å²) >= 11 is 0. The zero-order valence-corrected chi connectivity index (χ0v) is 12.5. The molecule has 0 bridgehead atoms. The molecule has 19 heavy (non-hydrogen) atoms. The van der Waals surface area contributed by atoms with E-state index in [-0.39, 0.29) is 11.5 Å². The first-order valence-electron chi connectivity index (χ1n) is 6.64. The number of anilines is 2. The Balaban J connectivity index is 3.12. The minimum absolute atomic E-state index is 0.0159. The van der Waals surface area contributed by atoms with Gasteiger partial charge in [-0.25, -0.2) is 4.79 Å². The second-order valence-corrected chi connectivity index (χ2v) is 5.22. The summed E-state index contributed by atoms with van der Waals surface area (Å²) in [5, 5.41) is 0. The van der Waals surface area contributed by atoms with E-state index >= 15 is 0 Å². The smallest absolute Gasteiger partial charge is 0.340 e. The SMILES string of the molecule is CCOC(=O)c1cc(N(C)C(C)(C)CC)ccc1N. The molecule has 0 aliphatic heterocycles. The van der Waals surface area contributed by atoms with Crippen molar-refractivity contribution in [3.05, 3.63) is 23.8 Å². The van der Waals surface area contributed by atoms with Crippen molar-refractivity contribution >= 4 is 17.3 Å². The Labute approximate surface area is 115 Å². The molecule has 0 unspecified atom stereocenters. The van der Waals surface area contributed by atoms with Gasteiger partial charge in [-0.15, -0.1) is 0 Å². The van der Waals surface area contributed by atoms with Crippen molar-refractivity contribution in [3.63, 3.8) is 0 Å². The first-order valence-corrected chi connectivity index (χ1v) is 6.64. The van der Waals surface area contributed by atoms with Crippen LogP contribution >= 0.6 is 0 Å². The predicted molar refractivity (Wildman–Crippen MR) is 79.6 cm³/mol. The molecule has 1 rings (SSSR count). The third-order valence-corrected chi connectivity index (χ3v) is 3.69. The number of esters is 1. The summed E-state index contributed by atoms with van der Waals surface area (Å²) in [6, 6.07) is 5.48. The molecule has 0 radical (unpaired) electrons. The largest absolute Gasteiger partial charge is 0.462 e. The summed E-state index contributed by atoms with van der Waals surface area (Å²) in [5.74, 6) is -0.371. The summed E-state index contributed by atoms with van der Waals surface area (Å²) in [6.45, 7) is 8.59. The molecule has 0 aliphatic rings. The molecule has 1 aromatic carbocycles. The first kappa shape index (κ1) is 15.3. The summed E-state index contributed by atoms with van der Waals surface area (Å²) < 4.78 is 5.02. The summed E-state index contributed by atoms with van der Waals surface area (Å²) in [5.41, 5.74) is 7.70. The number of benzene rings is 1. The van der Waals surface area contributed by atoms with Crippen LogP contribution in [0, 0.1) is 0 Å². The lowest BCUT2D eigenvalue weighted by Crippen LogP contribution is -2.40. The van der Waals surface area contributed by atoms with Crippen molar-refractivity contribution in [2.75, 3.05) is 24.3 Å². The van der Waals surface area contributed by atoms with Gasteiger partial charge in [0, 0.05) is 24.0 Å². The van der Waals surface area contributed by atoms with Crippen LogP contribution in [0.5, 0.6) is 0 Å². The van der Waals surface area contributed by atoms with Crippen LogP contribution in [0.4, 0.5) is 11.4 Å². The number of rotatable bonds is 5. The molecule has 4 nitrogen and oxygen atoms in total. The lowest BCUT2D eigenvalue weighted by Gasteiger charge is -2.37. The second-order valence-electron chi connectivity index (χ2n) is 5.22. The van der Waals surface area contributed by atoms with E-state index in [9.17, 15) is 4.79 Å². The fourth-order valence-corrected chi connectivity index (χ4v) is 1.73. The van der Waals surface area contributed by atoms with Crippen molar-refractivity contribution in [2.24, 2.45) is 0 Å². The van der Waals surface area contributed by atoms with Crippen LogP contribution in [0.1, 0.15) is 44.5 Å². The molecule has 0 fully saturated rings. The van der Waals surface area contributed by atoms with Gasteiger partial charge in [-0.1, -0.05) is 6.92 Å². The Hall–Kier alpha value is -1.71. The number of nitrogens with zero attached hydrogens (tertiary/aromatic N) is 1. The number of nitrogens with two attached hydrogens (primary N) is 1. The molecule has 106 valence electrons. The zero-order chi connectivity index (χ0) is 14.6. The molecular formula is C15H24N2O2. The fraction of sp³-hybridized carbons (Fsp3) is 0.533. The number of carbonyl (C=O) groups is 1. The molecule has 2 N–H and O–H groups in total. The Morgan fingerprint density at radius 2 is 2.00 bits per heavy atom. The second kappa shape index (κ2) is 5.95. The fourth-order valence-electron chi connectivity index (χ4n) is 1.73. The van der Waals surface area contributed by atoms with E-state index in [1.54, 1.807) is 19.1 Å². The van der Waals surface area contributed by atoms with Gasteiger partial charge in [0.15, 0.2) is 0 Å². The topological polar surface area (TPSA) is 55.6 Å². The molecule has 0 spiro atoms. The Morgan fingerprint density at radius 3 is 2.53 bits per heavy atom. The quantitative estimate of drug-likeness (QED) is 0.656. The predicted octanol–water partition coefficient (Wildman–Crippen LogP) is 3.07. The molecule has 0 amide bonds. The van der Waals surface area contributed by atoms with Crippen molar-refractivity contribution in [2.45, 2.75) is 39.7 Å². The molecule has 0 saturated carbocycles. The molecule has 0 saturated heterocycles. The monoisotopic (exact) mass is 264 g/mol. The highest BCUT2D eigenvalue weighted by molar-refractivity contribution is 5.96. The van der Waals surface area contributed by atoms with E-state index < -0.39 is 0 Å². The van der Waals surface area contributed by atoms with Gasteiger partial charge < -0.3 is 15.4 Å². The molecule has 0 atom stereocenters. The van der Waals surface area contributed by atoms with E-state index in [0.717, 1.165) is 12.1 Å². The number of hydrogen-bond donors (Lipinski definition) is 1. The number of carbonyl (C=O) groups excluding carboxylic acids is 1.